The molecule has 54 heavy (non-hydrogen) atoms. The highest BCUT2D eigenvalue weighted by atomic mass is 16.3. The van der Waals surface area contributed by atoms with E-state index in [1.807, 2.05) is 42.5 Å². The van der Waals surface area contributed by atoms with Gasteiger partial charge in [0.15, 0.2) is 0 Å². The van der Waals surface area contributed by atoms with Crippen molar-refractivity contribution in [2.24, 2.45) is 0 Å². The third-order valence-electron chi connectivity index (χ3n) is 10.0. The summed E-state index contributed by atoms with van der Waals surface area (Å²) >= 11 is 0. The van der Waals surface area contributed by atoms with Gasteiger partial charge in [-0.1, -0.05) is 142 Å². The van der Waals surface area contributed by atoms with Crippen LogP contribution in [0.1, 0.15) is 24.2 Å². The highest BCUT2D eigenvalue weighted by molar-refractivity contribution is 6.10. The quantitative estimate of drug-likeness (QED) is 0.140. The smallest absolute Gasteiger partial charge is 0.135 e. The van der Waals surface area contributed by atoms with Gasteiger partial charge in [0.1, 0.15) is 16.9 Å². The Balaban J connectivity index is 1.26. The van der Waals surface area contributed by atoms with Gasteiger partial charge in [-0.2, -0.15) is 0 Å². The fourth-order valence-corrected chi connectivity index (χ4v) is 7.57. The zero-order valence-electron chi connectivity index (χ0n) is 30.2. The molecular weight excluding hydrogens is 657 g/mol. The summed E-state index contributed by atoms with van der Waals surface area (Å²) in [5.74, 6) is 0.787. The molecule has 2 nitrogen and oxygen atoms in total. The molecule has 0 fully saturated rings. The molecular formula is C52H40O2. The van der Waals surface area contributed by atoms with E-state index in [4.69, 9.17) is 8.83 Å². The van der Waals surface area contributed by atoms with E-state index in [-0.39, 0.29) is 0 Å². The van der Waals surface area contributed by atoms with E-state index in [0.717, 1.165) is 73.6 Å². The SMILES string of the molecule is C=C/C=C\C(C=C)=C\C(=C)c1c2c(c(-c3cccc(-c4cccoc5cc6c(ccc7oc(/C=C\C=C)cc76)cc5cc4)c3)c3ccccc13)=CCCC=2. The van der Waals surface area contributed by atoms with Crippen molar-refractivity contribution < 1.29 is 8.83 Å². The van der Waals surface area contributed by atoms with Crippen LogP contribution in [0.5, 0.6) is 0 Å². The minimum atomic E-state index is 0.786. The van der Waals surface area contributed by atoms with Crippen LogP contribution in [0.2, 0.25) is 0 Å². The van der Waals surface area contributed by atoms with Gasteiger partial charge >= 0.3 is 0 Å². The normalized spacial score (nSPS) is 12.9. The molecule has 0 spiro atoms. The van der Waals surface area contributed by atoms with Gasteiger partial charge in [0, 0.05) is 10.8 Å². The Morgan fingerprint density at radius 2 is 1.39 bits per heavy atom. The molecule has 1 aliphatic carbocycles. The average Bonchev–Trinajstić information content (AvgIpc) is 3.67. The van der Waals surface area contributed by atoms with Crippen LogP contribution >= 0.6 is 0 Å². The first-order valence-electron chi connectivity index (χ1n) is 18.3. The van der Waals surface area contributed by atoms with E-state index >= 15 is 0 Å². The molecule has 7 aromatic rings. The van der Waals surface area contributed by atoms with E-state index < -0.39 is 0 Å². The van der Waals surface area contributed by atoms with Gasteiger partial charge in [0.05, 0.1) is 6.26 Å². The van der Waals surface area contributed by atoms with Gasteiger partial charge in [0.2, 0.25) is 0 Å². The second-order valence-electron chi connectivity index (χ2n) is 13.4. The summed E-state index contributed by atoms with van der Waals surface area (Å²) in [4.78, 5) is 0. The Labute approximate surface area is 315 Å². The Kier molecular flexibility index (Phi) is 9.49. The molecule has 2 heteroatoms. The molecule has 260 valence electrons. The summed E-state index contributed by atoms with van der Waals surface area (Å²) in [5.41, 5.74) is 9.36. The highest BCUT2D eigenvalue weighted by Crippen LogP contribution is 2.34. The predicted molar refractivity (Wildman–Crippen MR) is 233 cm³/mol. The lowest BCUT2D eigenvalue weighted by molar-refractivity contribution is 0.604. The lowest BCUT2D eigenvalue weighted by Gasteiger charge is -2.18. The van der Waals surface area contributed by atoms with Crippen molar-refractivity contribution in [2.45, 2.75) is 12.8 Å². The van der Waals surface area contributed by atoms with E-state index in [1.165, 1.54) is 37.9 Å². The number of benzene rings is 5. The van der Waals surface area contributed by atoms with Crippen LogP contribution in [0.15, 0.2) is 193 Å². The third-order valence-corrected chi connectivity index (χ3v) is 10.0. The van der Waals surface area contributed by atoms with Crippen molar-refractivity contribution in [1.82, 2.24) is 0 Å². The van der Waals surface area contributed by atoms with Crippen molar-refractivity contribution in [2.75, 3.05) is 0 Å². The molecule has 1 aliphatic rings. The lowest BCUT2D eigenvalue weighted by Crippen LogP contribution is -2.32. The van der Waals surface area contributed by atoms with Crippen LogP contribution in [0.25, 0.3) is 89.5 Å². The maximum atomic E-state index is 6.24. The minimum Gasteiger partial charge on any atom is -0.464 e. The second kappa shape index (κ2) is 15.0. The number of hydrogen-bond donors (Lipinski definition) is 0. The van der Waals surface area contributed by atoms with Crippen molar-refractivity contribution in [3.05, 3.63) is 206 Å². The Bertz CT molecular complexity index is 2950. The lowest BCUT2D eigenvalue weighted by atomic mass is 9.85. The van der Waals surface area contributed by atoms with Gasteiger partial charge < -0.3 is 8.83 Å². The largest absolute Gasteiger partial charge is 0.464 e. The maximum absolute atomic E-state index is 6.24. The van der Waals surface area contributed by atoms with E-state index in [0.29, 0.717) is 0 Å². The molecule has 0 amide bonds. The van der Waals surface area contributed by atoms with Gasteiger partial charge in [-0.25, -0.2) is 0 Å². The van der Waals surface area contributed by atoms with E-state index in [1.54, 1.807) is 18.4 Å². The molecule has 0 unspecified atom stereocenters. The average molecular weight is 697 g/mol. The molecule has 0 atom stereocenters. The second-order valence-corrected chi connectivity index (χ2v) is 13.4. The zero-order valence-corrected chi connectivity index (χ0v) is 30.2. The standard InChI is InChI=1S/C52H40O2/c1-5-8-16-36(7-3)30-35(4)51-43-21-10-12-23-45(43)52(46-24-13-11-22-44(46)51)41-18-14-17-38(31-41)37-19-15-29-53-50-34-47-39(32-40(50)26-25-37)27-28-49-48(47)33-42(54-49)20-9-6-2/h5-10,12,14-34H,1-4,11,13H2/b16-8-,20-9-,26-25?,29-15?,36-30+,37-19?. The Morgan fingerprint density at radius 1 is 0.611 bits per heavy atom. The Hall–Kier alpha value is -6.90. The fourth-order valence-electron chi connectivity index (χ4n) is 7.57. The first kappa shape index (κ1) is 34.2. The van der Waals surface area contributed by atoms with Crippen molar-refractivity contribution >= 4 is 67.3 Å². The summed E-state index contributed by atoms with van der Waals surface area (Å²) < 4.78 is 12.3. The van der Waals surface area contributed by atoms with Gasteiger partial charge in [-0.3, -0.25) is 0 Å². The van der Waals surface area contributed by atoms with Gasteiger partial charge in [-0.15, -0.1) is 0 Å². The number of hydrogen-bond acceptors (Lipinski definition) is 2. The zero-order chi connectivity index (χ0) is 37.0. The molecule has 0 N–H and O–H groups in total. The van der Waals surface area contributed by atoms with Crippen LogP contribution in [0, 0.1) is 0 Å². The number of furan rings is 1. The maximum Gasteiger partial charge on any atom is 0.135 e. The third kappa shape index (κ3) is 6.51. The molecule has 0 radical (unpaired) electrons. The van der Waals surface area contributed by atoms with Crippen LogP contribution in [0.4, 0.5) is 0 Å². The van der Waals surface area contributed by atoms with Crippen LogP contribution < -0.4 is 10.4 Å². The minimum absolute atomic E-state index is 0.786. The highest BCUT2D eigenvalue weighted by Gasteiger charge is 2.16. The molecule has 2 heterocycles. The predicted octanol–water partition coefficient (Wildman–Crippen LogP) is 13.4. The molecule has 0 saturated carbocycles. The summed E-state index contributed by atoms with van der Waals surface area (Å²) in [6.07, 6.45) is 23.7. The first-order valence-corrected chi connectivity index (χ1v) is 18.3. The fraction of sp³-hybridized carbons (Fsp3) is 0.0385. The summed E-state index contributed by atoms with van der Waals surface area (Å²) in [5, 5.41) is 9.12. The summed E-state index contributed by atoms with van der Waals surface area (Å²) in [6, 6.07) is 36.5. The molecule has 0 bridgehead atoms. The topological polar surface area (TPSA) is 26.3 Å². The van der Waals surface area contributed by atoms with Crippen molar-refractivity contribution in [3.63, 3.8) is 0 Å². The number of fused-ring (bicyclic) bond motifs is 6. The van der Waals surface area contributed by atoms with E-state index in [2.05, 4.69) is 136 Å². The monoisotopic (exact) mass is 696 g/mol. The van der Waals surface area contributed by atoms with Gasteiger partial charge in [-0.05, 0) is 132 Å². The van der Waals surface area contributed by atoms with Crippen molar-refractivity contribution in [1.29, 1.82) is 0 Å². The number of allylic oxidation sites excluding steroid dienone is 9. The molecule has 0 aliphatic heterocycles. The molecule has 0 saturated heterocycles. The van der Waals surface area contributed by atoms with Crippen LogP contribution in [-0.2, 0) is 0 Å². The van der Waals surface area contributed by atoms with Gasteiger partial charge in [0.25, 0.3) is 0 Å². The molecule has 5 aromatic carbocycles. The molecule has 2 aromatic heterocycles. The van der Waals surface area contributed by atoms with Crippen LogP contribution in [0.3, 0.4) is 0 Å². The van der Waals surface area contributed by atoms with Crippen LogP contribution in [-0.4, -0.2) is 0 Å². The number of rotatable bonds is 9. The summed E-state index contributed by atoms with van der Waals surface area (Å²) in [7, 11) is 0. The van der Waals surface area contributed by atoms with Crippen molar-refractivity contribution in [3.8, 4) is 22.3 Å². The van der Waals surface area contributed by atoms with E-state index in [9.17, 15) is 0 Å². The molecule has 8 rings (SSSR count). The first-order chi connectivity index (χ1) is 26.6. The summed E-state index contributed by atoms with van der Waals surface area (Å²) in [6.45, 7) is 16.2. The Morgan fingerprint density at radius 3 is 2.22 bits per heavy atom.